The number of benzene rings is 1. The van der Waals surface area contributed by atoms with E-state index in [1.807, 2.05) is 42.6 Å². The second-order valence-corrected chi connectivity index (χ2v) is 4.93. The molecule has 0 aliphatic rings. The smallest absolute Gasteiger partial charge is 0.213 e. The first kappa shape index (κ1) is 14.0. The Morgan fingerprint density at radius 1 is 1.35 bits per heavy atom. The van der Waals surface area contributed by atoms with Crippen LogP contribution in [-0.4, -0.2) is 12.4 Å². The lowest BCUT2D eigenvalue weighted by molar-refractivity contribution is 0.104. The van der Waals surface area contributed by atoms with Gasteiger partial charge in [-0.2, -0.15) is 5.26 Å². The summed E-state index contributed by atoms with van der Waals surface area (Å²) < 4.78 is 5.35. The van der Waals surface area contributed by atoms with E-state index in [-0.39, 0.29) is 11.4 Å². The molecule has 0 amide bonds. The molecule has 0 fully saturated rings. The van der Waals surface area contributed by atoms with Crippen molar-refractivity contribution < 1.29 is 9.53 Å². The fraction of sp³-hybridized carbons (Fsp3) is 0.125. The first-order valence-corrected chi connectivity index (χ1v) is 7.05. The normalized spacial score (nSPS) is 10.9. The molecule has 0 saturated carbocycles. The van der Waals surface area contributed by atoms with E-state index in [1.165, 1.54) is 11.3 Å². The van der Waals surface area contributed by atoms with Gasteiger partial charge in [0.1, 0.15) is 17.4 Å². The molecule has 0 aliphatic carbocycles. The molecule has 2 aromatic rings. The van der Waals surface area contributed by atoms with Crippen LogP contribution in [0.25, 0.3) is 6.08 Å². The zero-order valence-electron chi connectivity index (χ0n) is 11.0. The molecule has 1 heterocycles. The van der Waals surface area contributed by atoms with Crippen LogP contribution in [0, 0.1) is 11.3 Å². The van der Waals surface area contributed by atoms with Crippen LogP contribution in [0.15, 0.2) is 47.4 Å². The van der Waals surface area contributed by atoms with Gasteiger partial charge in [-0.1, -0.05) is 18.2 Å². The van der Waals surface area contributed by atoms with Crippen LogP contribution in [0.1, 0.15) is 22.2 Å². The standard InChI is InChI=1S/C16H13NO2S/c1-2-19-14-7-5-12(6-8-14)10-13(11-17)16(18)15-4-3-9-20-15/h3-10H,2H2,1H3/b13-10+. The van der Waals surface area contributed by atoms with Crippen LogP contribution in [0.4, 0.5) is 0 Å². The number of Topliss-reactive ketones (excluding diaryl/α,β-unsaturated/α-hetero) is 1. The van der Waals surface area contributed by atoms with Crippen molar-refractivity contribution in [2.75, 3.05) is 6.61 Å². The van der Waals surface area contributed by atoms with Gasteiger partial charge in [-0.25, -0.2) is 0 Å². The van der Waals surface area contributed by atoms with Gasteiger partial charge < -0.3 is 4.74 Å². The molecule has 2 rings (SSSR count). The molecule has 0 saturated heterocycles. The third kappa shape index (κ3) is 3.34. The van der Waals surface area contributed by atoms with E-state index < -0.39 is 0 Å². The Morgan fingerprint density at radius 2 is 2.10 bits per heavy atom. The highest BCUT2D eigenvalue weighted by Crippen LogP contribution is 2.18. The number of hydrogen-bond donors (Lipinski definition) is 0. The highest BCUT2D eigenvalue weighted by Gasteiger charge is 2.12. The van der Waals surface area contributed by atoms with Crippen LogP contribution in [0.3, 0.4) is 0 Å². The quantitative estimate of drug-likeness (QED) is 0.474. The van der Waals surface area contributed by atoms with E-state index >= 15 is 0 Å². The van der Waals surface area contributed by atoms with E-state index in [4.69, 9.17) is 10.00 Å². The molecule has 0 aliphatic heterocycles. The summed E-state index contributed by atoms with van der Waals surface area (Å²) in [6.07, 6.45) is 1.60. The molecule has 1 aromatic heterocycles. The van der Waals surface area contributed by atoms with Gasteiger partial charge in [-0.05, 0) is 42.1 Å². The van der Waals surface area contributed by atoms with Crippen molar-refractivity contribution in [2.45, 2.75) is 6.92 Å². The molecule has 0 radical (unpaired) electrons. The third-order valence-corrected chi connectivity index (χ3v) is 3.48. The maximum absolute atomic E-state index is 12.1. The number of ketones is 1. The van der Waals surface area contributed by atoms with Crippen molar-refractivity contribution in [2.24, 2.45) is 0 Å². The first-order chi connectivity index (χ1) is 9.74. The van der Waals surface area contributed by atoms with Crippen molar-refractivity contribution in [1.29, 1.82) is 5.26 Å². The molecule has 100 valence electrons. The Kier molecular flexibility index (Phi) is 4.70. The number of ether oxygens (including phenoxy) is 1. The van der Waals surface area contributed by atoms with Crippen LogP contribution in [0.2, 0.25) is 0 Å². The number of hydrogen-bond acceptors (Lipinski definition) is 4. The predicted octanol–water partition coefficient (Wildman–Crippen LogP) is 3.94. The van der Waals surface area contributed by atoms with Gasteiger partial charge >= 0.3 is 0 Å². The molecule has 0 N–H and O–H groups in total. The fourth-order valence-corrected chi connectivity index (χ4v) is 2.36. The van der Waals surface area contributed by atoms with Gasteiger partial charge in [0.15, 0.2) is 0 Å². The van der Waals surface area contributed by atoms with Crippen LogP contribution < -0.4 is 4.74 Å². The number of nitrogens with zero attached hydrogens (tertiary/aromatic N) is 1. The Morgan fingerprint density at radius 3 is 2.65 bits per heavy atom. The van der Waals surface area contributed by atoms with Crippen molar-refractivity contribution >= 4 is 23.2 Å². The molecular formula is C16H13NO2S. The lowest BCUT2D eigenvalue weighted by atomic mass is 10.1. The molecule has 20 heavy (non-hydrogen) atoms. The molecule has 0 unspecified atom stereocenters. The number of carbonyl (C=O) groups is 1. The van der Waals surface area contributed by atoms with Crippen molar-refractivity contribution in [3.05, 3.63) is 57.8 Å². The topological polar surface area (TPSA) is 50.1 Å². The van der Waals surface area contributed by atoms with Gasteiger partial charge in [0.05, 0.1) is 11.5 Å². The summed E-state index contributed by atoms with van der Waals surface area (Å²) in [4.78, 5) is 12.7. The first-order valence-electron chi connectivity index (χ1n) is 6.17. The summed E-state index contributed by atoms with van der Waals surface area (Å²) in [6.45, 7) is 2.52. The minimum atomic E-state index is -0.239. The molecule has 0 bridgehead atoms. The summed E-state index contributed by atoms with van der Waals surface area (Å²) in [6, 6.07) is 12.8. The summed E-state index contributed by atoms with van der Waals surface area (Å²) in [5, 5.41) is 11.0. The van der Waals surface area contributed by atoms with Crippen LogP contribution in [0.5, 0.6) is 5.75 Å². The van der Waals surface area contributed by atoms with Gasteiger partial charge in [0, 0.05) is 0 Å². The largest absolute Gasteiger partial charge is 0.494 e. The fourth-order valence-electron chi connectivity index (χ4n) is 1.68. The SMILES string of the molecule is CCOc1ccc(/C=C(\C#N)C(=O)c2cccs2)cc1. The van der Waals surface area contributed by atoms with E-state index in [2.05, 4.69) is 0 Å². The number of allylic oxidation sites excluding steroid dienone is 1. The molecule has 0 atom stereocenters. The summed E-state index contributed by atoms with van der Waals surface area (Å²) >= 11 is 1.33. The van der Waals surface area contributed by atoms with Crippen LogP contribution >= 0.6 is 11.3 Å². The maximum atomic E-state index is 12.1. The van der Waals surface area contributed by atoms with E-state index in [1.54, 1.807) is 18.2 Å². The molecular weight excluding hydrogens is 270 g/mol. The van der Waals surface area contributed by atoms with E-state index in [0.717, 1.165) is 11.3 Å². The van der Waals surface area contributed by atoms with Crippen LogP contribution in [-0.2, 0) is 0 Å². The lowest BCUT2D eigenvalue weighted by Crippen LogP contribution is -1.99. The number of carbonyl (C=O) groups excluding carboxylic acids is 1. The highest BCUT2D eigenvalue weighted by atomic mass is 32.1. The van der Waals surface area contributed by atoms with E-state index in [0.29, 0.717) is 11.5 Å². The summed E-state index contributed by atoms with van der Waals surface area (Å²) in [5.74, 6) is 0.532. The zero-order valence-corrected chi connectivity index (χ0v) is 11.8. The Hall–Kier alpha value is -2.38. The van der Waals surface area contributed by atoms with Crippen molar-refractivity contribution in [3.63, 3.8) is 0 Å². The van der Waals surface area contributed by atoms with Crippen molar-refractivity contribution in [1.82, 2.24) is 0 Å². The summed E-state index contributed by atoms with van der Waals surface area (Å²) in [7, 11) is 0. The van der Waals surface area contributed by atoms with Crippen molar-refractivity contribution in [3.8, 4) is 11.8 Å². The minimum Gasteiger partial charge on any atom is -0.494 e. The number of rotatable bonds is 5. The maximum Gasteiger partial charge on any atom is 0.213 e. The average molecular weight is 283 g/mol. The second-order valence-electron chi connectivity index (χ2n) is 3.98. The number of thiophene rings is 1. The van der Waals surface area contributed by atoms with Gasteiger partial charge in [-0.3, -0.25) is 4.79 Å². The Bertz CT molecular complexity index is 649. The molecule has 3 nitrogen and oxygen atoms in total. The Labute approximate surface area is 121 Å². The highest BCUT2D eigenvalue weighted by molar-refractivity contribution is 7.12. The molecule has 0 spiro atoms. The Balaban J connectivity index is 2.23. The average Bonchev–Trinajstić information content (AvgIpc) is 3.00. The van der Waals surface area contributed by atoms with Gasteiger partial charge in [0.25, 0.3) is 0 Å². The zero-order chi connectivity index (χ0) is 14.4. The lowest BCUT2D eigenvalue weighted by Gasteiger charge is -2.02. The second kappa shape index (κ2) is 6.69. The van der Waals surface area contributed by atoms with E-state index in [9.17, 15) is 4.79 Å². The molecule has 4 heteroatoms. The number of nitriles is 1. The predicted molar refractivity (Wildman–Crippen MR) is 79.9 cm³/mol. The monoisotopic (exact) mass is 283 g/mol. The van der Waals surface area contributed by atoms with Gasteiger partial charge in [-0.15, -0.1) is 11.3 Å². The minimum absolute atomic E-state index is 0.136. The molecule has 1 aromatic carbocycles. The van der Waals surface area contributed by atoms with Gasteiger partial charge in [0.2, 0.25) is 5.78 Å². The summed E-state index contributed by atoms with van der Waals surface area (Å²) in [5.41, 5.74) is 0.937. The third-order valence-electron chi connectivity index (χ3n) is 2.61.